The first-order valence-electron chi connectivity index (χ1n) is 6.02. The molecule has 2 rings (SSSR count). The molecule has 7 heteroatoms. The molecule has 0 bridgehead atoms. The van der Waals surface area contributed by atoms with Gasteiger partial charge in [-0.2, -0.15) is 0 Å². The molecule has 0 unspecified atom stereocenters. The SMILES string of the molecule is Cc1ccc(N2C(=O)N[C@@H](CCC(=O)O)C2=O)cc1Cl. The average molecular weight is 297 g/mol. The molecular formula is C13H13ClN2O4. The highest BCUT2D eigenvalue weighted by molar-refractivity contribution is 6.32. The average Bonchev–Trinajstić information content (AvgIpc) is 2.65. The molecule has 1 aliphatic heterocycles. The Morgan fingerprint density at radius 3 is 2.75 bits per heavy atom. The monoisotopic (exact) mass is 296 g/mol. The summed E-state index contributed by atoms with van der Waals surface area (Å²) in [6, 6.07) is 3.50. The number of imide groups is 1. The van der Waals surface area contributed by atoms with Gasteiger partial charge in [0.15, 0.2) is 0 Å². The van der Waals surface area contributed by atoms with Gasteiger partial charge in [0.2, 0.25) is 0 Å². The van der Waals surface area contributed by atoms with E-state index in [1.165, 1.54) is 6.07 Å². The summed E-state index contributed by atoms with van der Waals surface area (Å²) in [6.45, 7) is 1.81. The van der Waals surface area contributed by atoms with E-state index < -0.39 is 23.9 Å². The number of benzene rings is 1. The number of nitrogens with zero attached hydrogens (tertiary/aromatic N) is 1. The quantitative estimate of drug-likeness (QED) is 0.831. The van der Waals surface area contributed by atoms with Gasteiger partial charge in [0.1, 0.15) is 6.04 Å². The van der Waals surface area contributed by atoms with Gasteiger partial charge >= 0.3 is 12.0 Å². The fraction of sp³-hybridized carbons (Fsp3) is 0.308. The lowest BCUT2D eigenvalue weighted by molar-refractivity contribution is -0.137. The van der Waals surface area contributed by atoms with Crippen molar-refractivity contribution < 1.29 is 19.5 Å². The highest BCUT2D eigenvalue weighted by Gasteiger charge is 2.39. The zero-order valence-electron chi connectivity index (χ0n) is 10.7. The first-order valence-corrected chi connectivity index (χ1v) is 6.40. The third kappa shape index (κ3) is 2.75. The molecule has 6 nitrogen and oxygen atoms in total. The van der Waals surface area contributed by atoms with E-state index in [0.29, 0.717) is 10.7 Å². The van der Waals surface area contributed by atoms with Gasteiger partial charge in [-0.3, -0.25) is 9.59 Å². The van der Waals surface area contributed by atoms with Gasteiger partial charge in [-0.25, -0.2) is 9.69 Å². The van der Waals surface area contributed by atoms with E-state index in [1.54, 1.807) is 12.1 Å². The molecule has 1 atom stereocenters. The van der Waals surface area contributed by atoms with Gasteiger partial charge in [-0.05, 0) is 31.0 Å². The van der Waals surface area contributed by atoms with Gasteiger partial charge in [-0.15, -0.1) is 0 Å². The number of aryl methyl sites for hydroxylation is 1. The van der Waals surface area contributed by atoms with Crippen LogP contribution < -0.4 is 10.2 Å². The molecule has 0 spiro atoms. The Bertz CT molecular complexity index is 588. The molecule has 0 saturated carbocycles. The maximum Gasteiger partial charge on any atom is 0.329 e. The Balaban J connectivity index is 2.20. The molecule has 20 heavy (non-hydrogen) atoms. The zero-order valence-corrected chi connectivity index (χ0v) is 11.5. The Morgan fingerprint density at radius 1 is 1.45 bits per heavy atom. The number of rotatable bonds is 4. The van der Waals surface area contributed by atoms with Crippen molar-refractivity contribution in [3.05, 3.63) is 28.8 Å². The normalized spacial score (nSPS) is 18.3. The number of hydrogen-bond donors (Lipinski definition) is 2. The Morgan fingerprint density at radius 2 is 2.15 bits per heavy atom. The summed E-state index contributed by atoms with van der Waals surface area (Å²) < 4.78 is 0. The van der Waals surface area contributed by atoms with Gasteiger partial charge in [-0.1, -0.05) is 17.7 Å². The van der Waals surface area contributed by atoms with Gasteiger partial charge in [0.25, 0.3) is 5.91 Å². The Kier molecular flexibility index (Phi) is 3.94. The topological polar surface area (TPSA) is 86.7 Å². The second-order valence-electron chi connectivity index (χ2n) is 4.54. The summed E-state index contributed by atoms with van der Waals surface area (Å²) in [7, 11) is 0. The van der Waals surface area contributed by atoms with Crippen LogP contribution in [0, 0.1) is 6.92 Å². The van der Waals surface area contributed by atoms with Crippen molar-refractivity contribution in [1.82, 2.24) is 5.32 Å². The molecular weight excluding hydrogens is 284 g/mol. The van der Waals surface area contributed by atoms with Crippen molar-refractivity contribution in [1.29, 1.82) is 0 Å². The maximum atomic E-state index is 12.1. The number of nitrogens with one attached hydrogen (secondary N) is 1. The third-order valence-electron chi connectivity index (χ3n) is 3.08. The summed E-state index contributed by atoms with van der Waals surface area (Å²) in [5.74, 6) is -1.47. The number of halogens is 1. The van der Waals surface area contributed by atoms with Crippen molar-refractivity contribution in [2.45, 2.75) is 25.8 Å². The summed E-state index contributed by atoms with van der Waals surface area (Å²) in [6.07, 6.45) is -0.116. The van der Waals surface area contributed by atoms with Crippen LogP contribution in [0.15, 0.2) is 18.2 Å². The number of amides is 3. The molecule has 1 aliphatic rings. The molecule has 106 valence electrons. The smallest absolute Gasteiger partial charge is 0.329 e. The van der Waals surface area contributed by atoms with Crippen LogP contribution in [0.3, 0.4) is 0 Å². The molecule has 1 saturated heterocycles. The first-order chi connectivity index (χ1) is 9.40. The molecule has 1 heterocycles. The van der Waals surface area contributed by atoms with Crippen LogP contribution in [-0.4, -0.2) is 29.1 Å². The lowest BCUT2D eigenvalue weighted by Crippen LogP contribution is -2.31. The number of carbonyl (C=O) groups is 3. The van der Waals surface area contributed by atoms with E-state index in [2.05, 4.69) is 5.32 Å². The Labute approximate surface area is 120 Å². The fourth-order valence-corrected chi connectivity index (χ4v) is 2.13. The zero-order chi connectivity index (χ0) is 14.9. The van der Waals surface area contributed by atoms with Gasteiger partial charge in [0, 0.05) is 11.4 Å². The first kappa shape index (κ1) is 14.3. The molecule has 0 radical (unpaired) electrons. The number of carboxylic acids is 1. The van der Waals surface area contributed by atoms with Gasteiger partial charge in [0.05, 0.1) is 5.69 Å². The molecule has 2 N–H and O–H groups in total. The minimum atomic E-state index is -1.01. The van der Waals surface area contributed by atoms with Crippen LogP contribution in [0.25, 0.3) is 0 Å². The van der Waals surface area contributed by atoms with Crippen molar-refractivity contribution in [3.8, 4) is 0 Å². The van der Waals surface area contributed by atoms with Crippen LogP contribution in [0.1, 0.15) is 18.4 Å². The Hall–Kier alpha value is -2.08. The van der Waals surface area contributed by atoms with Crippen molar-refractivity contribution in [2.24, 2.45) is 0 Å². The largest absolute Gasteiger partial charge is 0.481 e. The van der Waals surface area contributed by atoms with Crippen molar-refractivity contribution in [2.75, 3.05) is 4.90 Å². The van der Waals surface area contributed by atoms with E-state index >= 15 is 0 Å². The van der Waals surface area contributed by atoms with E-state index in [-0.39, 0.29) is 12.8 Å². The molecule has 1 aromatic carbocycles. The lowest BCUT2D eigenvalue weighted by Gasteiger charge is -2.14. The van der Waals surface area contributed by atoms with Crippen LogP contribution in [0.2, 0.25) is 5.02 Å². The number of carbonyl (C=O) groups excluding carboxylic acids is 2. The fourth-order valence-electron chi connectivity index (χ4n) is 1.96. The summed E-state index contributed by atoms with van der Waals surface area (Å²) in [4.78, 5) is 35.5. The predicted molar refractivity (Wildman–Crippen MR) is 72.9 cm³/mol. The number of carboxylic acid groups (broad SMARTS) is 1. The summed E-state index contributed by atoms with van der Waals surface area (Å²) in [5.41, 5.74) is 1.21. The van der Waals surface area contributed by atoms with E-state index in [1.807, 2.05) is 6.92 Å². The number of hydrogen-bond acceptors (Lipinski definition) is 3. The van der Waals surface area contributed by atoms with E-state index in [0.717, 1.165) is 10.5 Å². The number of urea groups is 1. The lowest BCUT2D eigenvalue weighted by atomic mass is 10.1. The van der Waals surface area contributed by atoms with E-state index in [9.17, 15) is 14.4 Å². The minimum Gasteiger partial charge on any atom is -0.481 e. The van der Waals surface area contributed by atoms with E-state index in [4.69, 9.17) is 16.7 Å². The van der Waals surface area contributed by atoms with Crippen LogP contribution in [0.5, 0.6) is 0 Å². The summed E-state index contributed by atoms with van der Waals surface area (Å²) in [5, 5.41) is 11.5. The maximum absolute atomic E-state index is 12.1. The standard InChI is InChI=1S/C13H13ClN2O4/c1-7-2-3-8(6-9(7)14)16-12(19)10(15-13(16)20)4-5-11(17)18/h2-3,6,10H,4-5H2,1H3,(H,15,20)(H,17,18)/t10-/m0/s1. The summed E-state index contributed by atoms with van der Waals surface area (Å²) >= 11 is 5.98. The molecule has 1 fully saturated rings. The predicted octanol–water partition coefficient (Wildman–Crippen LogP) is 1.94. The second-order valence-corrected chi connectivity index (χ2v) is 4.95. The minimum absolute atomic E-state index is 0.0655. The number of anilines is 1. The van der Waals surface area contributed by atoms with Gasteiger partial charge < -0.3 is 10.4 Å². The molecule has 0 aromatic heterocycles. The second kappa shape index (κ2) is 5.50. The molecule has 3 amide bonds. The number of aliphatic carboxylic acids is 1. The van der Waals surface area contributed by atoms with Crippen LogP contribution in [0.4, 0.5) is 10.5 Å². The van der Waals surface area contributed by atoms with Crippen molar-refractivity contribution in [3.63, 3.8) is 0 Å². The van der Waals surface area contributed by atoms with Crippen LogP contribution >= 0.6 is 11.6 Å². The molecule has 1 aromatic rings. The third-order valence-corrected chi connectivity index (χ3v) is 3.49. The van der Waals surface area contributed by atoms with Crippen molar-refractivity contribution >= 4 is 35.2 Å². The van der Waals surface area contributed by atoms with Crippen LogP contribution in [-0.2, 0) is 9.59 Å². The highest BCUT2D eigenvalue weighted by Crippen LogP contribution is 2.26. The highest BCUT2D eigenvalue weighted by atomic mass is 35.5. The molecule has 0 aliphatic carbocycles.